The van der Waals surface area contributed by atoms with Gasteiger partial charge in [0.1, 0.15) is 34.0 Å². The van der Waals surface area contributed by atoms with Crippen molar-refractivity contribution >= 4 is 54.2 Å². The van der Waals surface area contributed by atoms with E-state index >= 15 is 0 Å². The smallest absolute Gasteiger partial charge is 0.387 e. The van der Waals surface area contributed by atoms with Gasteiger partial charge in [0.25, 0.3) is 11.8 Å². The number of fused-ring (bicyclic) bond motifs is 2. The highest BCUT2D eigenvalue weighted by atomic mass is 32.2. The van der Waals surface area contributed by atoms with Crippen molar-refractivity contribution in [2.45, 2.75) is 47.4 Å². The third-order valence-corrected chi connectivity index (χ3v) is 14.5. The van der Waals surface area contributed by atoms with Gasteiger partial charge in [0.05, 0.1) is 57.3 Å². The van der Waals surface area contributed by atoms with E-state index in [-0.39, 0.29) is 66.3 Å². The minimum absolute atomic E-state index is 0.00497. The molecule has 0 bridgehead atoms. The third kappa shape index (κ3) is 10.4. The third-order valence-electron chi connectivity index (χ3n) is 10.3. The Labute approximate surface area is 394 Å². The minimum atomic E-state index is -3.99. The molecule has 0 aliphatic carbocycles. The standard InChI is InChI=1S/2C21H20F2N6O5S/c2*1-12(11-30)35(32,33)13-4-5-17(34-21(22)23)14(8-13)18-16(10-28(2)27-18)26-20(31)15-9-25-29-7-3-6-24-19(15)29/h2*3-10,12,21,30H,11H2,1-2H3,(H,26,31)/t2*12-/m10/s1. The lowest BCUT2D eigenvalue weighted by molar-refractivity contribution is -0.0501. The summed E-state index contributed by atoms with van der Waals surface area (Å²) in [6, 6.07) is 9.89. The summed E-state index contributed by atoms with van der Waals surface area (Å²) in [6.07, 6.45) is 11.7. The zero-order valence-corrected chi connectivity index (χ0v) is 38.6. The van der Waals surface area contributed by atoms with E-state index in [1.54, 1.807) is 24.5 Å². The van der Waals surface area contributed by atoms with Crippen molar-refractivity contribution in [2.24, 2.45) is 14.1 Å². The quantitative estimate of drug-likeness (QED) is 0.0983. The number of sulfone groups is 2. The summed E-state index contributed by atoms with van der Waals surface area (Å²) in [7, 11) is -4.90. The van der Waals surface area contributed by atoms with Crippen LogP contribution in [0.4, 0.5) is 28.9 Å². The monoisotopic (exact) mass is 1010 g/mol. The molecule has 0 aliphatic heterocycles. The number of aromatic nitrogens is 10. The van der Waals surface area contributed by atoms with Crippen molar-refractivity contribution < 1.29 is 63.7 Å². The molecule has 0 saturated carbocycles. The first-order valence-electron chi connectivity index (χ1n) is 20.4. The maximum Gasteiger partial charge on any atom is 0.387 e. The molecule has 0 fully saturated rings. The predicted octanol–water partition coefficient (Wildman–Crippen LogP) is 4.28. The molecular weight excluding hydrogens is 973 g/mol. The first kappa shape index (κ1) is 50.1. The van der Waals surface area contributed by atoms with Gasteiger partial charge in [0.2, 0.25) is 0 Å². The van der Waals surface area contributed by atoms with Gasteiger partial charge in [0.15, 0.2) is 31.0 Å². The van der Waals surface area contributed by atoms with Gasteiger partial charge < -0.3 is 30.3 Å². The van der Waals surface area contributed by atoms with Gasteiger partial charge in [-0.3, -0.25) is 19.0 Å². The van der Waals surface area contributed by atoms with Crippen molar-refractivity contribution in [3.63, 3.8) is 0 Å². The van der Waals surface area contributed by atoms with Gasteiger partial charge in [0, 0.05) is 62.4 Å². The van der Waals surface area contributed by atoms with Gasteiger partial charge in [-0.2, -0.15) is 38.0 Å². The van der Waals surface area contributed by atoms with Crippen LogP contribution in [-0.2, 0) is 33.8 Å². The van der Waals surface area contributed by atoms with Gasteiger partial charge in [-0.05, 0) is 62.4 Å². The summed E-state index contributed by atoms with van der Waals surface area (Å²) in [5.74, 6) is -1.88. The summed E-state index contributed by atoms with van der Waals surface area (Å²) >= 11 is 0. The molecule has 28 heteroatoms. The average Bonchev–Trinajstić information content (AvgIpc) is 4.13. The molecule has 6 heterocycles. The first-order chi connectivity index (χ1) is 33.2. The van der Waals surface area contributed by atoms with Crippen LogP contribution in [0.3, 0.4) is 0 Å². The van der Waals surface area contributed by atoms with Crippen LogP contribution in [0.1, 0.15) is 34.6 Å². The number of anilines is 2. The van der Waals surface area contributed by atoms with Crippen LogP contribution in [0.5, 0.6) is 11.5 Å². The Kier molecular flexibility index (Phi) is 14.6. The number of nitrogens with one attached hydrogen (secondary N) is 2. The van der Waals surface area contributed by atoms with E-state index in [2.05, 4.69) is 50.5 Å². The number of halogens is 4. The molecule has 2 atom stereocenters. The van der Waals surface area contributed by atoms with E-state index in [0.29, 0.717) is 11.3 Å². The fourth-order valence-corrected chi connectivity index (χ4v) is 9.11. The zero-order chi connectivity index (χ0) is 50.7. The number of amides is 2. The number of aliphatic hydroxyl groups excluding tert-OH is 2. The normalized spacial score (nSPS) is 12.7. The molecule has 368 valence electrons. The van der Waals surface area contributed by atoms with E-state index in [0.717, 1.165) is 36.4 Å². The number of nitrogens with zero attached hydrogens (tertiary/aromatic N) is 10. The molecular formula is C42H40F4N12O10S2. The summed E-state index contributed by atoms with van der Waals surface area (Å²) in [5, 5.41) is 38.3. The zero-order valence-electron chi connectivity index (χ0n) is 36.9. The second-order valence-electron chi connectivity index (χ2n) is 15.1. The van der Waals surface area contributed by atoms with Crippen molar-refractivity contribution in [1.29, 1.82) is 0 Å². The van der Waals surface area contributed by atoms with Crippen molar-refractivity contribution in [3.05, 3.63) is 109 Å². The molecule has 4 N–H and O–H groups in total. The van der Waals surface area contributed by atoms with Crippen LogP contribution in [0.15, 0.2) is 108 Å². The Morgan fingerprint density at radius 3 is 1.40 bits per heavy atom. The molecule has 0 spiro atoms. The average molecular weight is 1010 g/mol. The van der Waals surface area contributed by atoms with Gasteiger partial charge >= 0.3 is 13.2 Å². The van der Waals surface area contributed by atoms with Crippen molar-refractivity contribution in [1.82, 2.24) is 48.8 Å². The lowest BCUT2D eigenvalue weighted by atomic mass is 10.1. The minimum Gasteiger partial charge on any atom is -0.434 e. The fourth-order valence-electron chi connectivity index (χ4n) is 6.71. The molecule has 0 radical (unpaired) electrons. The van der Waals surface area contributed by atoms with Crippen LogP contribution < -0.4 is 20.1 Å². The number of alkyl halides is 4. The number of ether oxygens (including phenoxy) is 2. The molecule has 2 amide bonds. The summed E-state index contributed by atoms with van der Waals surface area (Å²) < 4.78 is 118. The topological polar surface area (TPSA) is 281 Å². The molecule has 2 aromatic carbocycles. The maximum atomic E-state index is 13.1. The SMILES string of the molecule is C[C@@H](CO)S(=O)(=O)c1ccc(OC(F)F)c(-c2nn(C)cc2NC(=O)c2cnn3cccnc23)c1.C[C@H](CO)S(=O)(=O)c1ccc(OC(F)F)c(-c2nn(C)cc2NC(=O)c2cnn3cccnc23)c1. The van der Waals surface area contributed by atoms with Crippen molar-refractivity contribution in [3.8, 4) is 34.0 Å². The van der Waals surface area contributed by atoms with Crippen LogP contribution in [0, 0.1) is 0 Å². The number of benzene rings is 2. The Morgan fingerprint density at radius 2 is 1.04 bits per heavy atom. The Morgan fingerprint density at radius 1 is 0.657 bits per heavy atom. The van der Waals surface area contributed by atoms with E-state index in [9.17, 15) is 54.2 Å². The van der Waals surface area contributed by atoms with Crippen molar-refractivity contribution in [2.75, 3.05) is 23.8 Å². The molecule has 0 saturated heterocycles. The molecule has 0 unspecified atom stereocenters. The van der Waals surface area contributed by atoms with Crippen LogP contribution in [0.25, 0.3) is 33.8 Å². The Hall–Kier alpha value is -7.82. The molecule has 8 rings (SSSR count). The number of carbonyl (C=O) groups is 2. The molecule has 0 aliphatic rings. The molecule has 6 aromatic heterocycles. The van der Waals surface area contributed by atoms with E-state index in [1.165, 1.54) is 83.5 Å². The van der Waals surface area contributed by atoms with Crippen LogP contribution >= 0.6 is 0 Å². The summed E-state index contributed by atoms with van der Waals surface area (Å²) in [6.45, 7) is -5.03. The lowest BCUT2D eigenvalue weighted by Gasteiger charge is -2.15. The highest BCUT2D eigenvalue weighted by molar-refractivity contribution is 7.92. The Balaban J connectivity index is 0.000000206. The number of carbonyl (C=O) groups excluding carboxylic acids is 2. The summed E-state index contributed by atoms with van der Waals surface area (Å²) in [4.78, 5) is 33.8. The predicted molar refractivity (Wildman–Crippen MR) is 240 cm³/mol. The van der Waals surface area contributed by atoms with Gasteiger partial charge in [-0.1, -0.05) is 0 Å². The van der Waals surface area contributed by atoms with Crippen LogP contribution in [-0.4, -0.2) is 125 Å². The highest BCUT2D eigenvalue weighted by Crippen LogP contribution is 2.39. The van der Waals surface area contributed by atoms with E-state index in [1.807, 2.05) is 0 Å². The molecule has 22 nitrogen and oxygen atoms in total. The van der Waals surface area contributed by atoms with Gasteiger partial charge in [-0.15, -0.1) is 0 Å². The Bertz CT molecular complexity index is 3230. The number of rotatable bonds is 16. The van der Waals surface area contributed by atoms with Gasteiger partial charge in [-0.25, -0.2) is 35.8 Å². The largest absolute Gasteiger partial charge is 0.434 e. The highest BCUT2D eigenvalue weighted by Gasteiger charge is 2.29. The number of hydrogen-bond acceptors (Lipinski definition) is 16. The summed E-state index contributed by atoms with van der Waals surface area (Å²) in [5.41, 5.74) is 0.912. The van der Waals surface area contributed by atoms with E-state index in [4.69, 9.17) is 0 Å². The number of aryl methyl sites for hydroxylation is 2. The second kappa shape index (κ2) is 20.4. The lowest BCUT2D eigenvalue weighted by Crippen LogP contribution is -2.21. The number of hydrogen-bond donors (Lipinski definition) is 4. The fraction of sp³-hybridized carbons (Fsp3) is 0.238. The molecule has 8 aromatic rings. The number of aliphatic hydroxyl groups is 2. The maximum absolute atomic E-state index is 13.1. The molecule has 70 heavy (non-hydrogen) atoms. The first-order valence-corrected chi connectivity index (χ1v) is 23.5. The van der Waals surface area contributed by atoms with E-state index < -0.39 is 68.4 Å². The second-order valence-corrected chi connectivity index (χ2v) is 19.8. The van der Waals surface area contributed by atoms with Crippen LogP contribution in [0.2, 0.25) is 0 Å².